The van der Waals surface area contributed by atoms with Crippen LogP contribution in [0.2, 0.25) is 5.02 Å². The first kappa shape index (κ1) is 27.1. The summed E-state index contributed by atoms with van der Waals surface area (Å²) < 4.78 is 18.6. The van der Waals surface area contributed by atoms with Crippen LogP contribution in [0, 0.1) is 5.82 Å². The van der Waals surface area contributed by atoms with E-state index in [9.17, 15) is 14.0 Å². The third-order valence-electron chi connectivity index (χ3n) is 6.52. The minimum absolute atomic E-state index is 0.0177. The van der Waals surface area contributed by atoms with Crippen molar-refractivity contribution < 1.29 is 18.7 Å². The lowest BCUT2D eigenvalue weighted by molar-refractivity contribution is -0.136. The Morgan fingerprint density at radius 1 is 1.19 bits per heavy atom. The maximum atomic E-state index is 13.4. The molecular formula is C27H33ClFN5O3. The number of ether oxygens (including phenoxy) is 1. The first-order valence-electron chi connectivity index (χ1n) is 12.2. The second-order valence-corrected chi connectivity index (χ2v) is 10.1. The predicted molar refractivity (Wildman–Crippen MR) is 143 cm³/mol. The lowest BCUT2D eigenvalue weighted by Gasteiger charge is -2.50. The SMILES string of the molecule is COc1cc(C=CC(=O)N2C3CNCC2CN(Cc2ccc(F)cc2)C3)c(NC(=O)CN(C)C)cc1Cl. The predicted octanol–water partition coefficient (Wildman–Crippen LogP) is 2.69. The lowest BCUT2D eigenvalue weighted by atomic mass is 10.0. The molecule has 2 N–H and O–H groups in total. The molecule has 0 saturated carbocycles. The van der Waals surface area contributed by atoms with E-state index in [1.807, 2.05) is 19.0 Å². The number of piperazine rings is 2. The second kappa shape index (κ2) is 12.0. The summed E-state index contributed by atoms with van der Waals surface area (Å²) in [7, 11) is 5.14. The third-order valence-corrected chi connectivity index (χ3v) is 6.82. The Hall–Kier alpha value is -2.98. The molecule has 2 fully saturated rings. The minimum Gasteiger partial charge on any atom is -0.495 e. The summed E-state index contributed by atoms with van der Waals surface area (Å²) in [6, 6.07) is 9.94. The number of hydrogen-bond acceptors (Lipinski definition) is 6. The standard InChI is InChI=1S/C27H33ClFN5O3/c1-32(2)17-26(35)31-24-11-23(28)25(37-3)10-19(24)6-9-27(36)34-21-12-30-13-22(34)16-33(15-21)14-18-4-7-20(29)8-5-18/h4-11,21-22,30H,12-17H2,1-3H3,(H,31,35). The van der Waals surface area contributed by atoms with Crippen LogP contribution in [0.5, 0.6) is 5.75 Å². The summed E-state index contributed by atoms with van der Waals surface area (Å²) in [5.41, 5.74) is 2.18. The number of nitrogens with one attached hydrogen (secondary N) is 2. The van der Waals surface area contributed by atoms with Crippen LogP contribution in [0.1, 0.15) is 11.1 Å². The average Bonchev–Trinajstić information content (AvgIpc) is 2.83. The zero-order valence-corrected chi connectivity index (χ0v) is 22.1. The van der Waals surface area contributed by atoms with Gasteiger partial charge in [0.1, 0.15) is 11.6 Å². The highest BCUT2D eigenvalue weighted by Crippen LogP contribution is 2.32. The highest BCUT2D eigenvalue weighted by atomic mass is 35.5. The van der Waals surface area contributed by atoms with Gasteiger partial charge < -0.3 is 25.2 Å². The molecular weight excluding hydrogens is 497 g/mol. The molecule has 2 aliphatic rings. The van der Waals surface area contributed by atoms with Crippen LogP contribution in [0.15, 0.2) is 42.5 Å². The zero-order chi connectivity index (χ0) is 26.5. The van der Waals surface area contributed by atoms with Gasteiger partial charge in [0.15, 0.2) is 0 Å². The fourth-order valence-corrected chi connectivity index (χ4v) is 5.16. The Morgan fingerprint density at radius 3 is 2.49 bits per heavy atom. The second-order valence-electron chi connectivity index (χ2n) is 9.73. The summed E-state index contributed by atoms with van der Waals surface area (Å²) in [5, 5.41) is 6.67. The number of carbonyl (C=O) groups excluding carboxylic acids is 2. The number of nitrogens with zero attached hydrogens (tertiary/aromatic N) is 3. The van der Waals surface area contributed by atoms with Gasteiger partial charge in [-0.05, 0) is 50.0 Å². The van der Waals surface area contributed by atoms with E-state index < -0.39 is 0 Å². The molecule has 0 spiro atoms. The Labute approximate surface area is 222 Å². The molecule has 2 aromatic carbocycles. The fourth-order valence-electron chi connectivity index (χ4n) is 4.92. The number of methoxy groups -OCH3 is 1. The van der Waals surface area contributed by atoms with Gasteiger partial charge in [-0.25, -0.2) is 4.39 Å². The van der Waals surface area contributed by atoms with Crippen LogP contribution in [0.4, 0.5) is 10.1 Å². The zero-order valence-electron chi connectivity index (χ0n) is 21.3. The van der Waals surface area contributed by atoms with Gasteiger partial charge in [0, 0.05) is 50.1 Å². The molecule has 0 aliphatic carbocycles. The maximum Gasteiger partial charge on any atom is 0.247 e. The highest BCUT2D eigenvalue weighted by molar-refractivity contribution is 6.32. The van der Waals surface area contributed by atoms with Crippen LogP contribution < -0.4 is 15.4 Å². The molecule has 2 aromatic rings. The van der Waals surface area contributed by atoms with E-state index in [1.54, 1.807) is 41.3 Å². The van der Waals surface area contributed by atoms with Crippen LogP contribution in [0.3, 0.4) is 0 Å². The molecule has 198 valence electrons. The Balaban J connectivity index is 1.49. The van der Waals surface area contributed by atoms with Crippen molar-refractivity contribution in [3.05, 3.63) is 64.4 Å². The van der Waals surface area contributed by atoms with Crippen molar-refractivity contribution in [2.24, 2.45) is 0 Å². The Kier molecular flexibility index (Phi) is 8.81. The van der Waals surface area contributed by atoms with Crippen molar-refractivity contribution in [3.63, 3.8) is 0 Å². The van der Waals surface area contributed by atoms with Crippen molar-refractivity contribution in [2.75, 3.05) is 59.2 Å². The average molecular weight is 530 g/mol. The number of carbonyl (C=O) groups is 2. The molecule has 2 saturated heterocycles. The highest BCUT2D eigenvalue weighted by Gasteiger charge is 2.39. The molecule has 37 heavy (non-hydrogen) atoms. The quantitative estimate of drug-likeness (QED) is 0.512. The van der Waals surface area contributed by atoms with Gasteiger partial charge in [-0.2, -0.15) is 0 Å². The van der Waals surface area contributed by atoms with Crippen molar-refractivity contribution in [3.8, 4) is 5.75 Å². The van der Waals surface area contributed by atoms with E-state index in [1.165, 1.54) is 19.2 Å². The smallest absolute Gasteiger partial charge is 0.247 e. The van der Waals surface area contributed by atoms with Gasteiger partial charge in [-0.3, -0.25) is 14.5 Å². The summed E-state index contributed by atoms with van der Waals surface area (Å²) in [6.45, 7) is 3.78. The molecule has 0 aromatic heterocycles. The third kappa shape index (κ3) is 6.87. The van der Waals surface area contributed by atoms with Gasteiger partial charge in [0.2, 0.25) is 11.8 Å². The topological polar surface area (TPSA) is 77.1 Å². The van der Waals surface area contributed by atoms with Crippen LogP contribution in [0.25, 0.3) is 6.08 Å². The molecule has 2 amide bonds. The molecule has 8 nitrogen and oxygen atoms in total. The molecule has 0 radical (unpaired) electrons. The van der Waals surface area contributed by atoms with Crippen LogP contribution in [-0.2, 0) is 16.1 Å². The number of halogens is 2. The summed E-state index contributed by atoms with van der Waals surface area (Å²) in [6.07, 6.45) is 3.24. The summed E-state index contributed by atoms with van der Waals surface area (Å²) in [5.74, 6) is -0.0666. The van der Waals surface area contributed by atoms with E-state index in [2.05, 4.69) is 15.5 Å². The van der Waals surface area contributed by atoms with Crippen molar-refractivity contribution in [1.29, 1.82) is 0 Å². The van der Waals surface area contributed by atoms with E-state index in [4.69, 9.17) is 16.3 Å². The molecule has 2 aliphatic heterocycles. The Bertz CT molecular complexity index is 1140. The number of fused-ring (bicyclic) bond motifs is 2. The molecule has 2 atom stereocenters. The van der Waals surface area contributed by atoms with E-state index in [0.29, 0.717) is 41.7 Å². The van der Waals surface area contributed by atoms with Crippen LogP contribution in [-0.4, -0.2) is 92.5 Å². The van der Waals surface area contributed by atoms with Crippen LogP contribution >= 0.6 is 11.6 Å². The van der Waals surface area contributed by atoms with E-state index in [0.717, 1.165) is 18.7 Å². The monoisotopic (exact) mass is 529 g/mol. The van der Waals surface area contributed by atoms with Gasteiger partial charge in [-0.15, -0.1) is 0 Å². The first-order chi connectivity index (χ1) is 17.7. The Morgan fingerprint density at radius 2 is 1.86 bits per heavy atom. The van der Waals surface area contributed by atoms with Crippen molar-refractivity contribution >= 4 is 35.2 Å². The number of hydrogen-bond donors (Lipinski definition) is 2. The fraction of sp³-hybridized carbons (Fsp3) is 0.407. The van der Waals surface area contributed by atoms with Gasteiger partial charge in [0.25, 0.3) is 0 Å². The number of anilines is 1. The summed E-state index contributed by atoms with van der Waals surface area (Å²) in [4.78, 5) is 31.8. The summed E-state index contributed by atoms with van der Waals surface area (Å²) >= 11 is 6.30. The van der Waals surface area contributed by atoms with Gasteiger partial charge >= 0.3 is 0 Å². The van der Waals surface area contributed by atoms with Gasteiger partial charge in [0.05, 0.1) is 30.8 Å². The maximum absolute atomic E-state index is 13.4. The molecule has 2 bridgehead atoms. The molecule has 2 unspecified atom stereocenters. The number of likely N-dealkylation sites (N-methyl/N-ethyl adjacent to an activating group) is 1. The molecule has 2 heterocycles. The van der Waals surface area contributed by atoms with Gasteiger partial charge in [-0.1, -0.05) is 23.7 Å². The van der Waals surface area contributed by atoms with E-state index >= 15 is 0 Å². The largest absolute Gasteiger partial charge is 0.495 e. The van der Waals surface area contributed by atoms with E-state index in [-0.39, 0.29) is 36.3 Å². The number of benzene rings is 2. The lowest BCUT2D eigenvalue weighted by Crippen LogP contribution is -2.68. The minimum atomic E-state index is -0.245. The number of amides is 2. The normalized spacial score (nSPS) is 19.9. The molecule has 4 rings (SSSR count). The molecule has 10 heteroatoms. The first-order valence-corrected chi connectivity index (χ1v) is 12.6. The van der Waals surface area contributed by atoms with Crippen molar-refractivity contribution in [1.82, 2.24) is 20.0 Å². The van der Waals surface area contributed by atoms with Crippen molar-refractivity contribution in [2.45, 2.75) is 18.6 Å². The number of rotatable bonds is 8.